The average Bonchev–Trinajstić information content (AvgIpc) is 3.09. The van der Waals surface area contributed by atoms with E-state index in [1.165, 1.54) is 11.5 Å². The van der Waals surface area contributed by atoms with Gasteiger partial charge in [-0.05, 0) is 46.9 Å². The van der Waals surface area contributed by atoms with Gasteiger partial charge in [-0.25, -0.2) is 0 Å². The molecule has 0 spiro atoms. The molecule has 4 rings (SSSR count). The highest BCUT2D eigenvalue weighted by atomic mass is 35.5. The number of rotatable bonds is 7. The van der Waals surface area contributed by atoms with Crippen LogP contribution in [-0.4, -0.2) is 9.74 Å². The molecule has 0 fully saturated rings. The molecule has 4 aromatic rings. The molecule has 30 heavy (non-hydrogen) atoms. The van der Waals surface area contributed by atoms with Crippen molar-refractivity contribution in [2.75, 3.05) is 5.32 Å². The molecule has 0 amide bonds. The van der Waals surface area contributed by atoms with E-state index in [9.17, 15) is 9.59 Å². The summed E-state index contributed by atoms with van der Waals surface area (Å²) in [5.41, 5.74) is 2.66. The zero-order valence-corrected chi connectivity index (χ0v) is 17.6. The Bertz CT molecular complexity index is 1200. The van der Waals surface area contributed by atoms with Crippen molar-refractivity contribution in [1.29, 1.82) is 0 Å². The summed E-state index contributed by atoms with van der Waals surface area (Å²) >= 11 is 7.14. The lowest BCUT2D eigenvalue weighted by molar-refractivity contribution is 0.104. The van der Waals surface area contributed by atoms with Gasteiger partial charge in [0.1, 0.15) is 10.6 Å². The van der Waals surface area contributed by atoms with E-state index >= 15 is 0 Å². The normalized spacial score (nSPS) is 10.7. The summed E-state index contributed by atoms with van der Waals surface area (Å²) in [4.78, 5) is 26.7. The molecule has 0 aliphatic heterocycles. The minimum Gasteiger partial charge on any atom is -0.375 e. The Morgan fingerprint density at radius 1 is 0.867 bits per heavy atom. The van der Waals surface area contributed by atoms with Gasteiger partial charge in [-0.1, -0.05) is 72.3 Å². The van der Waals surface area contributed by atoms with E-state index in [2.05, 4.69) is 5.32 Å². The quantitative estimate of drug-likeness (QED) is 0.393. The number of benzene rings is 3. The van der Waals surface area contributed by atoms with Crippen molar-refractivity contribution in [1.82, 2.24) is 3.96 Å². The molecule has 0 aliphatic rings. The summed E-state index contributed by atoms with van der Waals surface area (Å²) in [6.07, 6.45) is 0. The van der Waals surface area contributed by atoms with E-state index in [1.54, 1.807) is 28.2 Å². The highest BCUT2D eigenvalue weighted by molar-refractivity contribution is 7.09. The molecule has 1 N–H and O–H groups in total. The van der Waals surface area contributed by atoms with Crippen molar-refractivity contribution in [3.63, 3.8) is 0 Å². The van der Waals surface area contributed by atoms with Crippen molar-refractivity contribution >= 4 is 34.6 Å². The second kappa shape index (κ2) is 9.11. The lowest BCUT2D eigenvalue weighted by Crippen LogP contribution is -2.18. The number of ketones is 1. The SMILES string of the molecule is O=C(c1ccc(Cl)cc1)c1sn(Cc2ccccc2)c(=O)c1NCc1ccccc1. The fourth-order valence-electron chi connectivity index (χ4n) is 3.10. The van der Waals surface area contributed by atoms with Gasteiger partial charge in [-0.2, -0.15) is 0 Å². The molecule has 1 heterocycles. The smallest absolute Gasteiger partial charge is 0.285 e. The fraction of sp³-hybridized carbons (Fsp3) is 0.0833. The number of carbonyl (C=O) groups excluding carboxylic acids is 1. The van der Waals surface area contributed by atoms with Crippen LogP contribution in [0.4, 0.5) is 5.69 Å². The van der Waals surface area contributed by atoms with Crippen LogP contribution in [-0.2, 0) is 13.1 Å². The number of hydrogen-bond donors (Lipinski definition) is 1. The summed E-state index contributed by atoms with van der Waals surface area (Å²) in [7, 11) is 0. The van der Waals surface area contributed by atoms with Gasteiger partial charge in [-0.3, -0.25) is 13.5 Å². The van der Waals surface area contributed by atoms with Crippen LogP contribution in [0, 0.1) is 0 Å². The van der Waals surface area contributed by atoms with Crippen molar-refractivity contribution in [3.05, 3.63) is 122 Å². The lowest BCUT2D eigenvalue weighted by atomic mass is 10.1. The predicted octanol–water partition coefficient (Wildman–Crippen LogP) is 5.45. The third-order valence-corrected chi connectivity index (χ3v) is 6.00. The van der Waals surface area contributed by atoms with Gasteiger partial charge in [-0.15, -0.1) is 0 Å². The fourth-order valence-corrected chi connectivity index (χ4v) is 4.29. The second-order valence-corrected chi connectivity index (χ2v) is 8.27. The van der Waals surface area contributed by atoms with Crippen molar-refractivity contribution in [3.8, 4) is 0 Å². The maximum absolute atomic E-state index is 13.2. The van der Waals surface area contributed by atoms with Crippen LogP contribution in [0.15, 0.2) is 89.7 Å². The van der Waals surface area contributed by atoms with Crippen LogP contribution >= 0.6 is 23.1 Å². The minimum absolute atomic E-state index is 0.197. The molecule has 0 atom stereocenters. The standard InChI is InChI=1S/C24H19ClN2O2S/c25-20-13-11-19(12-14-20)22(28)23-21(26-15-17-7-3-1-4-8-17)24(29)27(30-23)16-18-9-5-2-6-10-18/h1-14,26H,15-16H2. The minimum atomic E-state index is -0.198. The first kappa shape index (κ1) is 20.1. The lowest BCUT2D eigenvalue weighted by Gasteiger charge is -2.06. The maximum atomic E-state index is 13.2. The first-order valence-electron chi connectivity index (χ1n) is 9.48. The molecule has 1 aromatic heterocycles. The Balaban J connectivity index is 1.70. The molecule has 0 radical (unpaired) electrons. The first-order valence-corrected chi connectivity index (χ1v) is 10.6. The van der Waals surface area contributed by atoms with Gasteiger partial charge in [0.05, 0.1) is 6.54 Å². The summed E-state index contributed by atoms with van der Waals surface area (Å²) in [6, 6.07) is 26.2. The first-order chi connectivity index (χ1) is 14.6. The van der Waals surface area contributed by atoms with E-state index in [0.717, 1.165) is 11.1 Å². The number of nitrogens with one attached hydrogen (secondary N) is 1. The largest absolute Gasteiger partial charge is 0.375 e. The molecule has 4 nitrogen and oxygen atoms in total. The zero-order chi connectivity index (χ0) is 20.9. The molecule has 0 saturated carbocycles. The maximum Gasteiger partial charge on any atom is 0.285 e. The highest BCUT2D eigenvalue weighted by Gasteiger charge is 2.22. The van der Waals surface area contributed by atoms with Crippen LogP contribution in [0.25, 0.3) is 0 Å². The van der Waals surface area contributed by atoms with Gasteiger partial charge in [0.15, 0.2) is 0 Å². The average molecular weight is 435 g/mol. The second-order valence-electron chi connectivity index (χ2n) is 6.80. The van der Waals surface area contributed by atoms with Gasteiger partial charge >= 0.3 is 0 Å². The van der Waals surface area contributed by atoms with Gasteiger partial charge in [0.25, 0.3) is 5.56 Å². The summed E-state index contributed by atoms with van der Waals surface area (Å²) in [6.45, 7) is 0.872. The summed E-state index contributed by atoms with van der Waals surface area (Å²) in [5.74, 6) is -0.198. The Morgan fingerprint density at radius 2 is 1.47 bits per heavy atom. The molecule has 0 unspecified atom stereocenters. The monoisotopic (exact) mass is 434 g/mol. The highest BCUT2D eigenvalue weighted by Crippen LogP contribution is 2.24. The van der Waals surface area contributed by atoms with Crippen molar-refractivity contribution < 1.29 is 4.79 Å². The van der Waals surface area contributed by atoms with Crippen LogP contribution in [0.2, 0.25) is 5.02 Å². The van der Waals surface area contributed by atoms with E-state index < -0.39 is 0 Å². The molecule has 150 valence electrons. The van der Waals surface area contributed by atoms with Crippen LogP contribution < -0.4 is 10.9 Å². The molecular formula is C24H19ClN2O2S. The Morgan fingerprint density at radius 3 is 2.10 bits per heavy atom. The van der Waals surface area contributed by atoms with Crippen LogP contribution in [0.1, 0.15) is 26.4 Å². The Kier molecular flexibility index (Phi) is 6.12. The third kappa shape index (κ3) is 4.53. The van der Waals surface area contributed by atoms with E-state index in [4.69, 9.17) is 11.6 Å². The van der Waals surface area contributed by atoms with Crippen molar-refractivity contribution in [2.24, 2.45) is 0 Å². The Labute approximate surface area is 183 Å². The van der Waals surface area contributed by atoms with Crippen molar-refractivity contribution in [2.45, 2.75) is 13.1 Å². The van der Waals surface area contributed by atoms with Crippen LogP contribution in [0.5, 0.6) is 0 Å². The third-order valence-electron chi connectivity index (χ3n) is 4.66. The summed E-state index contributed by atoms with van der Waals surface area (Å²) < 4.78 is 1.62. The number of hydrogen-bond acceptors (Lipinski definition) is 4. The topological polar surface area (TPSA) is 51.1 Å². The molecule has 6 heteroatoms. The molecule has 0 aliphatic carbocycles. The van der Waals surface area contributed by atoms with Crippen LogP contribution in [0.3, 0.4) is 0 Å². The molecule has 0 bridgehead atoms. The molecule has 3 aromatic carbocycles. The van der Waals surface area contributed by atoms with E-state index in [-0.39, 0.29) is 11.3 Å². The Hall–Kier alpha value is -3.15. The number of anilines is 1. The predicted molar refractivity (Wildman–Crippen MR) is 123 cm³/mol. The van der Waals surface area contributed by atoms with Gasteiger partial charge < -0.3 is 5.32 Å². The number of halogens is 1. The van der Waals surface area contributed by atoms with Gasteiger partial charge in [0, 0.05) is 17.1 Å². The molecular weight excluding hydrogens is 416 g/mol. The van der Waals surface area contributed by atoms with E-state index in [0.29, 0.717) is 34.2 Å². The number of aromatic nitrogens is 1. The summed E-state index contributed by atoms with van der Waals surface area (Å²) in [5, 5.41) is 3.76. The zero-order valence-electron chi connectivity index (χ0n) is 16.0. The van der Waals surface area contributed by atoms with E-state index in [1.807, 2.05) is 60.7 Å². The van der Waals surface area contributed by atoms with Gasteiger partial charge in [0.2, 0.25) is 5.78 Å². The number of nitrogens with zero attached hydrogens (tertiary/aromatic N) is 1. The number of carbonyl (C=O) groups is 1. The molecule has 0 saturated heterocycles.